The summed E-state index contributed by atoms with van der Waals surface area (Å²) in [6.07, 6.45) is 1.82. The Labute approximate surface area is 107 Å². The van der Waals surface area contributed by atoms with Gasteiger partial charge in [0.1, 0.15) is 0 Å². The van der Waals surface area contributed by atoms with Gasteiger partial charge in [0.15, 0.2) is 9.84 Å². The van der Waals surface area contributed by atoms with E-state index in [2.05, 4.69) is 10.3 Å². The van der Waals surface area contributed by atoms with Crippen LogP contribution in [-0.2, 0) is 16.4 Å². The summed E-state index contributed by atoms with van der Waals surface area (Å²) in [6.45, 7) is 8.32. The number of sulfone groups is 1. The van der Waals surface area contributed by atoms with E-state index in [1.165, 1.54) is 0 Å². The number of hydrogen-bond donors (Lipinski definition) is 1. The van der Waals surface area contributed by atoms with Crippen molar-refractivity contribution in [2.75, 3.05) is 12.3 Å². The van der Waals surface area contributed by atoms with Crippen LogP contribution in [0.4, 0.5) is 0 Å². The summed E-state index contributed by atoms with van der Waals surface area (Å²) < 4.78 is 23.0. The number of aryl methyl sites for hydroxylation is 1. The molecule has 4 nitrogen and oxygen atoms in total. The smallest absolute Gasteiger partial charge is 0.156 e. The first-order valence-corrected chi connectivity index (χ1v) is 8.03. The summed E-state index contributed by atoms with van der Waals surface area (Å²) in [5.74, 6) is 0.175. The molecule has 0 radical (unpaired) electrons. The van der Waals surface area contributed by atoms with E-state index in [1.54, 1.807) is 32.1 Å². The molecule has 1 N–H and O–H groups in total. The molecule has 17 heavy (non-hydrogen) atoms. The summed E-state index contributed by atoms with van der Waals surface area (Å²) in [5.41, 5.74) is 0. The summed E-state index contributed by atoms with van der Waals surface area (Å²) in [4.78, 5) is 5.28. The van der Waals surface area contributed by atoms with Gasteiger partial charge in [0.05, 0.1) is 15.5 Å². The molecule has 1 rings (SSSR count). The molecule has 0 aliphatic rings. The lowest BCUT2D eigenvalue weighted by atomic mass is 10.3. The van der Waals surface area contributed by atoms with Crippen LogP contribution >= 0.6 is 11.3 Å². The Kier molecular flexibility index (Phi) is 4.69. The molecule has 0 saturated carbocycles. The SMILES string of the molecule is Cc1ncc(CNCCS(=O)(=O)C(C)(C)C)s1. The van der Waals surface area contributed by atoms with Gasteiger partial charge in [0.2, 0.25) is 0 Å². The number of thiazole rings is 1. The van der Waals surface area contributed by atoms with Crippen molar-refractivity contribution in [3.63, 3.8) is 0 Å². The van der Waals surface area contributed by atoms with Gasteiger partial charge in [-0.05, 0) is 27.7 Å². The normalized spacial score (nSPS) is 12.9. The molecule has 0 amide bonds. The second-order valence-electron chi connectivity index (χ2n) is 4.95. The van der Waals surface area contributed by atoms with E-state index < -0.39 is 14.6 Å². The molecule has 1 aromatic rings. The molecule has 0 saturated heterocycles. The van der Waals surface area contributed by atoms with Crippen molar-refractivity contribution < 1.29 is 8.42 Å². The van der Waals surface area contributed by atoms with Crippen molar-refractivity contribution in [3.05, 3.63) is 16.1 Å². The second kappa shape index (κ2) is 5.46. The van der Waals surface area contributed by atoms with Crippen molar-refractivity contribution in [3.8, 4) is 0 Å². The number of rotatable bonds is 5. The zero-order valence-corrected chi connectivity index (χ0v) is 12.4. The third kappa shape index (κ3) is 4.37. The molecule has 1 heterocycles. The average molecular weight is 276 g/mol. The fourth-order valence-electron chi connectivity index (χ4n) is 1.21. The monoisotopic (exact) mass is 276 g/mol. The Bertz CT molecular complexity index is 458. The molecular weight excluding hydrogens is 256 g/mol. The third-order valence-corrected chi connectivity index (χ3v) is 5.97. The number of aromatic nitrogens is 1. The highest BCUT2D eigenvalue weighted by Crippen LogP contribution is 2.15. The predicted molar refractivity (Wildman–Crippen MR) is 72.1 cm³/mol. The molecule has 0 unspecified atom stereocenters. The predicted octanol–water partition coefficient (Wildman–Crippen LogP) is 1.75. The molecule has 98 valence electrons. The molecule has 0 aromatic carbocycles. The summed E-state index contributed by atoms with van der Waals surface area (Å²) in [5, 5.41) is 4.17. The topological polar surface area (TPSA) is 59.1 Å². The van der Waals surface area contributed by atoms with Crippen LogP contribution in [0.25, 0.3) is 0 Å². The Morgan fingerprint density at radius 3 is 2.53 bits per heavy atom. The van der Waals surface area contributed by atoms with E-state index in [-0.39, 0.29) is 5.75 Å². The first kappa shape index (κ1) is 14.6. The fourth-order valence-corrected chi connectivity index (χ4v) is 3.00. The molecule has 0 aliphatic heterocycles. The Balaban J connectivity index is 2.34. The Morgan fingerprint density at radius 1 is 1.41 bits per heavy atom. The summed E-state index contributed by atoms with van der Waals surface area (Å²) >= 11 is 1.63. The van der Waals surface area contributed by atoms with Gasteiger partial charge in [-0.2, -0.15) is 0 Å². The molecule has 0 spiro atoms. The van der Waals surface area contributed by atoms with Gasteiger partial charge in [-0.15, -0.1) is 11.3 Å². The highest BCUT2D eigenvalue weighted by molar-refractivity contribution is 7.92. The van der Waals surface area contributed by atoms with E-state index >= 15 is 0 Å². The number of nitrogens with zero attached hydrogens (tertiary/aromatic N) is 1. The number of hydrogen-bond acceptors (Lipinski definition) is 5. The van der Waals surface area contributed by atoms with Crippen LogP contribution in [0.15, 0.2) is 6.20 Å². The van der Waals surface area contributed by atoms with E-state index in [4.69, 9.17) is 0 Å². The minimum absolute atomic E-state index is 0.175. The van der Waals surface area contributed by atoms with E-state index in [0.29, 0.717) is 13.1 Å². The second-order valence-corrected chi connectivity index (χ2v) is 9.14. The molecular formula is C11H20N2O2S2. The first-order chi connectivity index (χ1) is 7.72. The van der Waals surface area contributed by atoms with Crippen molar-refractivity contribution in [1.82, 2.24) is 10.3 Å². The maximum atomic E-state index is 11.8. The molecule has 0 fully saturated rings. The van der Waals surface area contributed by atoms with Crippen LogP contribution in [0.2, 0.25) is 0 Å². The Hall–Kier alpha value is -0.460. The molecule has 1 aromatic heterocycles. The van der Waals surface area contributed by atoms with Crippen LogP contribution in [-0.4, -0.2) is 30.4 Å². The molecule has 6 heteroatoms. The van der Waals surface area contributed by atoms with Gasteiger partial charge < -0.3 is 5.32 Å². The van der Waals surface area contributed by atoms with Crippen molar-refractivity contribution >= 4 is 21.2 Å². The van der Waals surface area contributed by atoms with Crippen LogP contribution < -0.4 is 5.32 Å². The number of nitrogens with one attached hydrogen (secondary N) is 1. The lowest BCUT2D eigenvalue weighted by Crippen LogP contribution is -2.34. The van der Waals surface area contributed by atoms with E-state index in [0.717, 1.165) is 9.88 Å². The van der Waals surface area contributed by atoms with E-state index in [9.17, 15) is 8.42 Å². The fraction of sp³-hybridized carbons (Fsp3) is 0.727. The Morgan fingerprint density at radius 2 is 2.06 bits per heavy atom. The highest BCUT2D eigenvalue weighted by Gasteiger charge is 2.27. The lowest BCUT2D eigenvalue weighted by molar-refractivity contribution is 0.556. The lowest BCUT2D eigenvalue weighted by Gasteiger charge is -2.19. The average Bonchev–Trinajstić information content (AvgIpc) is 2.57. The van der Waals surface area contributed by atoms with Crippen LogP contribution in [0.5, 0.6) is 0 Å². The van der Waals surface area contributed by atoms with Crippen LogP contribution in [0, 0.1) is 6.92 Å². The minimum Gasteiger partial charge on any atom is -0.311 e. The zero-order chi connectivity index (χ0) is 13.1. The van der Waals surface area contributed by atoms with Gasteiger partial charge in [0, 0.05) is 24.2 Å². The zero-order valence-electron chi connectivity index (χ0n) is 10.8. The van der Waals surface area contributed by atoms with Crippen molar-refractivity contribution in [2.24, 2.45) is 0 Å². The summed E-state index contributed by atoms with van der Waals surface area (Å²) in [7, 11) is -3.02. The maximum absolute atomic E-state index is 11.8. The third-order valence-electron chi connectivity index (χ3n) is 2.45. The van der Waals surface area contributed by atoms with Crippen molar-refractivity contribution in [1.29, 1.82) is 0 Å². The minimum atomic E-state index is -3.02. The van der Waals surface area contributed by atoms with Gasteiger partial charge in [-0.1, -0.05) is 0 Å². The first-order valence-electron chi connectivity index (χ1n) is 5.57. The largest absolute Gasteiger partial charge is 0.311 e. The van der Waals surface area contributed by atoms with Gasteiger partial charge in [-0.25, -0.2) is 13.4 Å². The maximum Gasteiger partial charge on any atom is 0.156 e. The van der Waals surface area contributed by atoms with Crippen molar-refractivity contribution in [2.45, 2.75) is 39.0 Å². The quantitative estimate of drug-likeness (QED) is 0.833. The highest BCUT2D eigenvalue weighted by atomic mass is 32.2. The molecule has 0 atom stereocenters. The van der Waals surface area contributed by atoms with Crippen LogP contribution in [0.1, 0.15) is 30.7 Å². The van der Waals surface area contributed by atoms with Gasteiger partial charge in [-0.3, -0.25) is 0 Å². The van der Waals surface area contributed by atoms with E-state index in [1.807, 2.05) is 13.1 Å². The summed E-state index contributed by atoms with van der Waals surface area (Å²) in [6, 6.07) is 0. The van der Waals surface area contributed by atoms with Crippen LogP contribution in [0.3, 0.4) is 0 Å². The molecule has 0 bridgehead atoms. The van der Waals surface area contributed by atoms with Gasteiger partial charge >= 0.3 is 0 Å². The van der Waals surface area contributed by atoms with Gasteiger partial charge in [0.25, 0.3) is 0 Å². The molecule has 0 aliphatic carbocycles. The standard InChI is InChI=1S/C11H20N2O2S2/c1-9-13-8-10(16-9)7-12-5-6-17(14,15)11(2,3)4/h8,12H,5-7H2,1-4H3.